The van der Waals surface area contributed by atoms with Crippen LogP contribution in [0.25, 0.3) is 0 Å². The van der Waals surface area contributed by atoms with Crippen LogP contribution in [0.1, 0.15) is 17.5 Å². The summed E-state index contributed by atoms with van der Waals surface area (Å²) in [5.41, 5.74) is 2.34. The van der Waals surface area contributed by atoms with Crippen molar-refractivity contribution in [2.45, 2.75) is 19.8 Å². The minimum atomic E-state index is 0.594. The zero-order chi connectivity index (χ0) is 15.8. The summed E-state index contributed by atoms with van der Waals surface area (Å²) in [4.78, 5) is 4.26. The quantitative estimate of drug-likeness (QED) is 0.632. The van der Waals surface area contributed by atoms with Crippen molar-refractivity contribution in [2.75, 3.05) is 19.0 Å². The highest BCUT2D eigenvalue weighted by atomic mass is 32.1. The number of anilines is 1. The normalized spacial score (nSPS) is 10.1. The molecule has 5 heteroatoms. The molecule has 1 heterocycles. The summed E-state index contributed by atoms with van der Waals surface area (Å²) < 4.78 is 5.35. The smallest absolute Gasteiger partial charge is 0.171 e. The van der Waals surface area contributed by atoms with Gasteiger partial charge in [-0.25, -0.2) is 4.98 Å². The summed E-state index contributed by atoms with van der Waals surface area (Å²) in [5, 5.41) is 6.86. The molecular weight excluding hydrogens is 294 g/mol. The molecule has 0 aliphatic rings. The van der Waals surface area contributed by atoms with E-state index in [0.29, 0.717) is 5.11 Å². The fourth-order valence-electron chi connectivity index (χ4n) is 2.09. The molecule has 0 aliphatic carbocycles. The van der Waals surface area contributed by atoms with Crippen molar-refractivity contribution in [3.05, 3.63) is 53.7 Å². The number of nitrogens with one attached hydrogen (secondary N) is 2. The molecule has 22 heavy (non-hydrogen) atoms. The Morgan fingerprint density at radius 2 is 2.05 bits per heavy atom. The van der Waals surface area contributed by atoms with Gasteiger partial charge in [-0.15, -0.1) is 0 Å². The molecule has 0 saturated heterocycles. The van der Waals surface area contributed by atoms with E-state index in [1.165, 1.54) is 5.56 Å². The number of hydrogen-bond acceptors (Lipinski definition) is 3. The molecule has 0 bridgehead atoms. The lowest BCUT2D eigenvalue weighted by molar-refractivity contribution is 0.409. The molecular formula is C17H21N3OS. The number of rotatable bonds is 6. The fraction of sp³-hybridized carbons (Fsp3) is 0.294. The lowest BCUT2D eigenvalue weighted by Gasteiger charge is -2.11. The van der Waals surface area contributed by atoms with Gasteiger partial charge in [0.15, 0.2) is 5.11 Å². The molecule has 0 saturated carbocycles. The van der Waals surface area contributed by atoms with E-state index in [0.717, 1.165) is 36.5 Å². The molecule has 0 unspecified atom stereocenters. The van der Waals surface area contributed by atoms with E-state index in [4.69, 9.17) is 17.0 Å². The predicted octanol–water partition coefficient (Wildman–Crippen LogP) is 3.32. The number of nitrogens with zero attached hydrogens (tertiary/aromatic N) is 1. The average molecular weight is 315 g/mol. The highest BCUT2D eigenvalue weighted by Crippen LogP contribution is 2.18. The molecule has 0 aliphatic heterocycles. The Hall–Kier alpha value is -2.14. The summed E-state index contributed by atoms with van der Waals surface area (Å²) >= 11 is 5.26. The lowest BCUT2D eigenvalue weighted by Crippen LogP contribution is -2.29. The number of methoxy groups -OCH3 is 1. The molecule has 116 valence electrons. The maximum Gasteiger partial charge on any atom is 0.171 e. The highest BCUT2D eigenvalue weighted by Gasteiger charge is 2.02. The number of thiocarbonyl (C=S) groups is 1. The number of hydrogen-bond donors (Lipinski definition) is 2. The number of ether oxygens (including phenoxy) is 1. The minimum Gasteiger partial charge on any atom is -0.496 e. The van der Waals surface area contributed by atoms with E-state index in [2.05, 4.69) is 21.7 Å². The van der Waals surface area contributed by atoms with Gasteiger partial charge in [0.05, 0.1) is 7.11 Å². The van der Waals surface area contributed by atoms with E-state index >= 15 is 0 Å². The maximum atomic E-state index is 5.35. The van der Waals surface area contributed by atoms with Gasteiger partial charge in [0, 0.05) is 12.7 Å². The van der Waals surface area contributed by atoms with Crippen LogP contribution in [0.3, 0.4) is 0 Å². The van der Waals surface area contributed by atoms with E-state index < -0.39 is 0 Å². The first-order chi connectivity index (χ1) is 10.7. The second kappa shape index (κ2) is 8.34. The molecule has 0 atom stereocenters. The summed E-state index contributed by atoms with van der Waals surface area (Å²) in [6.45, 7) is 2.81. The van der Waals surface area contributed by atoms with Gasteiger partial charge in [0.2, 0.25) is 0 Å². The predicted molar refractivity (Wildman–Crippen MR) is 94.5 cm³/mol. The van der Waals surface area contributed by atoms with Crippen molar-refractivity contribution in [3.63, 3.8) is 0 Å². The standard InChI is InChI=1S/C17H21N3OS/c1-13-9-10-16(19-12-13)20-17(22)18-11-5-7-14-6-3-4-8-15(14)21-2/h3-4,6,8-10,12H,5,7,11H2,1-2H3,(H2,18,19,20,22). The zero-order valence-electron chi connectivity index (χ0n) is 12.9. The van der Waals surface area contributed by atoms with Crippen molar-refractivity contribution in [1.29, 1.82) is 0 Å². The molecule has 1 aromatic carbocycles. The molecule has 0 fully saturated rings. The second-order valence-electron chi connectivity index (χ2n) is 5.02. The molecule has 2 aromatic rings. The van der Waals surface area contributed by atoms with Crippen LogP contribution >= 0.6 is 12.2 Å². The monoisotopic (exact) mass is 315 g/mol. The van der Waals surface area contributed by atoms with Crippen molar-refractivity contribution in [2.24, 2.45) is 0 Å². The van der Waals surface area contributed by atoms with Crippen LogP contribution < -0.4 is 15.4 Å². The van der Waals surface area contributed by atoms with Crippen LogP contribution in [0.2, 0.25) is 0 Å². The van der Waals surface area contributed by atoms with Crippen LogP contribution in [0, 0.1) is 6.92 Å². The van der Waals surface area contributed by atoms with Gasteiger partial charge in [0.1, 0.15) is 11.6 Å². The van der Waals surface area contributed by atoms with Crippen molar-refractivity contribution in [1.82, 2.24) is 10.3 Å². The molecule has 0 spiro atoms. The van der Waals surface area contributed by atoms with Gasteiger partial charge < -0.3 is 15.4 Å². The van der Waals surface area contributed by atoms with Gasteiger partial charge in [-0.2, -0.15) is 0 Å². The molecule has 4 nitrogen and oxygen atoms in total. The average Bonchev–Trinajstić information content (AvgIpc) is 2.54. The van der Waals surface area contributed by atoms with E-state index in [1.807, 2.05) is 43.5 Å². The maximum absolute atomic E-state index is 5.35. The number of para-hydroxylation sites is 1. The van der Waals surface area contributed by atoms with E-state index in [-0.39, 0.29) is 0 Å². The molecule has 1 aromatic heterocycles. The van der Waals surface area contributed by atoms with Gasteiger partial charge in [-0.1, -0.05) is 24.3 Å². The first kappa shape index (κ1) is 16.2. The minimum absolute atomic E-state index is 0.594. The molecule has 2 N–H and O–H groups in total. The Labute approximate surface area is 136 Å². The van der Waals surface area contributed by atoms with E-state index in [1.54, 1.807) is 7.11 Å². The third-order valence-electron chi connectivity index (χ3n) is 3.25. The fourth-order valence-corrected chi connectivity index (χ4v) is 2.30. The van der Waals surface area contributed by atoms with E-state index in [9.17, 15) is 0 Å². The van der Waals surface area contributed by atoms with Crippen LogP contribution in [0.4, 0.5) is 5.82 Å². The molecule has 0 amide bonds. The Morgan fingerprint density at radius 3 is 2.77 bits per heavy atom. The van der Waals surface area contributed by atoms with Gasteiger partial charge >= 0.3 is 0 Å². The van der Waals surface area contributed by atoms with Gasteiger partial charge in [0.25, 0.3) is 0 Å². The highest BCUT2D eigenvalue weighted by molar-refractivity contribution is 7.80. The Morgan fingerprint density at radius 1 is 1.23 bits per heavy atom. The number of aromatic nitrogens is 1. The number of pyridine rings is 1. The largest absolute Gasteiger partial charge is 0.496 e. The van der Waals surface area contributed by atoms with Gasteiger partial charge in [-0.05, 0) is 55.2 Å². The van der Waals surface area contributed by atoms with Gasteiger partial charge in [-0.3, -0.25) is 0 Å². The third-order valence-corrected chi connectivity index (χ3v) is 3.50. The SMILES string of the molecule is COc1ccccc1CCCNC(=S)Nc1ccc(C)cn1. The second-order valence-corrected chi connectivity index (χ2v) is 5.43. The van der Waals surface area contributed by atoms with Crippen molar-refractivity contribution >= 4 is 23.1 Å². The van der Waals surface area contributed by atoms with Crippen LogP contribution in [-0.4, -0.2) is 23.8 Å². The Balaban J connectivity index is 1.72. The number of benzene rings is 1. The first-order valence-corrected chi connectivity index (χ1v) is 7.69. The summed E-state index contributed by atoms with van der Waals surface area (Å²) in [6, 6.07) is 12.0. The number of aryl methyl sites for hydroxylation is 2. The lowest BCUT2D eigenvalue weighted by atomic mass is 10.1. The Kier molecular flexibility index (Phi) is 6.15. The van der Waals surface area contributed by atoms with Crippen LogP contribution in [0.5, 0.6) is 5.75 Å². The van der Waals surface area contributed by atoms with Crippen molar-refractivity contribution in [3.8, 4) is 5.75 Å². The van der Waals surface area contributed by atoms with Crippen molar-refractivity contribution < 1.29 is 4.74 Å². The summed E-state index contributed by atoms with van der Waals surface area (Å²) in [5.74, 6) is 1.69. The van der Waals surface area contributed by atoms with Crippen LogP contribution in [-0.2, 0) is 6.42 Å². The molecule has 0 radical (unpaired) electrons. The molecule has 2 rings (SSSR count). The van der Waals surface area contributed by atoms with Crippen LogP contribution in [0.15, 0.2) is 42.6 Å². The summed E-state index contributed by atoms with van der Waals surface area (Å²) in [6.07, 6.45) is 3.73. The first-order valence-electron chi connectivity index (χ1n) is 7.28. The zero-order valence-corrected chi connectivity index (χ0v) is 13.7. The Bertz CT molecular complexity index is 614. The third kappa shape index (κ3) is 5.00. The topological polar surface area (TPSA) is 46.2 Å². The summed E-state index contributed by atoms with van der Waals surface area (Å²) in [7, 11) is 1.70.